The van der Waals surface area contributed by atoms with Gasteiger partial charge in [0.15, 0.2) is 0 Å². The molecule has 3 saturated heterocycles. The van der Waals surface area contributed by atoms with Gasteiger partial charge in [0.1, 0.15) is 5.75 Å². The van der Waals surface area contributed by atoms with Crippen LogP contribution in [0.1, 0.15) is 58.0 Å². The molecule has 3 fully saturated rings. The van der Waals surface area contributed by atoms with E-state index in [1.54, 1.807) is 19.4 Å². The summed E-state index contributed by atoms with van der Waals surface area (Å²) in [6, 6.07) is 11.0. The zero-order valence-electron chi connectivity index (χ0n) is 19.3. The number of pyridine rings is 1. The third kappa shape index (κ3) is 4.22. The molecule has 4 atom stereocenters. The van der Waals surface area contributed by atoms with Crippen LogP contribution >= 0.6 is 0 Å². The summed E-state index contributed by atoms with van der Waals surface area (Å²) in [7, 11) is 3.03. The van der Waals surface area contributed by atoms with E-state index >= 15 is 0 Å². The lowest BCUT2D eigenvalue weighted by molar-refractivity contribution is -0.0511. The van der Waals surface area contributed by atoms with Gasteiger partial charge in [-0.25, -0.2) is 4.79 Å². The molecule has 1 aromatic carbocycles. The molecule has 174 valence electrons. The van der Waals surface area contributed by atoms with Crippen LogP contribution < -0.4 is 4.74 Å². The highest BCUT2D eigenvalue weighted by Gasteiger charge is 2.45. The van der Waals surface area contributed by atoms with Crippen LogP contribution in [-0.4, -0.2) is 66.6 Å². The van der Waals surface area contributed by atoms with Crippen molar-refractivity contribution in [2.45, 2.75) is 37.8 Å². The first-order valence-electron chi connectivity index (χ1n) is 11.8. The number of amides is 1. The summed E-state index contributed by atoms with van der Waals surface area (Å²) in [5.41, 5.74) is 2.12. The summed E-state index contributed by atoms with van der Waals surface area (Å²) >= 11 is 0. The largest absolute Gasteiger partial charge is 0.497 e. The summed E-state index contributed by atoms with van der Waals surface area (Å²) in [5, 5.41) is 0. The molecule has 3 aliphatic heterocycles. The van der Waals surface area contributed by atoms with Crippen LogP contribution in [0.4, 0.5) is 0 Å². The topological polar surface area (TPSA) is 72.0 Å². The molecule has 1 aromatic heterocycles. The Morgan fingerprint density at radius 2 is 1.79 bits per heavy atom. The Morgan fingerprint density at radius 3 is 2.55 bits per heavy atom. The Labute approximate surface area is 194 Å². The monoisotopic (exact) mass is 449 g/mol. The molecular weight excluding hydrogens is 418 g/mol. The second kappa shape index (κ2) is 9.14. The van der Waals surface area contributed by atoms with E-state index in [-0.39, 0.29) is 5.91 Å². The minimum atomic E-state index is -0.477. The van der Waals surface area contributed by atoms with Crippen molar-refractivity contribution in [2.75, 3.05) is 33.9 Å². The number of piperidine rings is 3. The maximum atomic E-state index is 13.3. The molecule has 33 heavy (non-hydrogen) atoms. The molecular formula is C26H31N3O4. The molecule has 7 heteroatoms. The Morgan fingerprint density at radius 1 is 1.00 bits per heavy atom. The van der Waals surface area contributed by atoms with Gasteiger partial charge in [-0.2, -0.15) is 0 Å². The van der Waals surface area contributed by atoms with Crippen molar-refractivity contribution in [3.05, 3.63) is 59.4 Å². The fourth-order valence-corrected chi connectivity index (χ4v) is 6.13. The van der Waals surface area contributed by atoms with Crippen molar-refractivity contribution in [3.8, 4) is 5.75 Å². The first-order valence-corrected chi connectivity index (χ1v) is 11.8. The number of aromatic nitrogens is 1. The number of hydrogen-bond donors (Lipinski definition) is 0. The molecule has 7 nitrogen and oxygen atoms in total. The maximum Gasteiger partial charge on any atom is 0.339 e. The van der Waals surface area contributed by atoms with Gasteiger partial charge in [-0.3, -0.25) is 14.7 Å². The number of nitrogens with zero attached hydrogens (tertiary/aromatic N) is 3. The summed E-state index contributed by atoms with van der Waals surface area (Å²) < 4.78 is 10.1. The predicted octanol–water partition coefficient (Wildman–Crippen LogP) is 3.56. The quantitative estimate of drug-likeness (QED) is 0.665. The molecule has 0 saturated carbocycles. The van der Waals surface area contributed by atoms with Crippen molar-refractivity contribution >= 4 is 11.9 Å². The maximum absolute atomic E-state index is 13.3. The molecule has 2 aromatic rings. The molecule has 4 heterocycles. The van der Waals surface area contributed by atoms with E-state index in [1.165, 1.54) is 44.6 Å². The Hall–Kier alpha value is -2.93. The summed E-state index contributed by atoms with van der Waals surface area (Å²) in [5.74, 6) is 1.30. The van der Waals surface area contributed by atoms with E-state index < -0.39 is 5.97 Å². The fraction of sp³-hybridized carbons (Fsp3) is 0.500. The van der Waals surface area contributed by atoms with Gasteiger partial charge in [-0.15, -0.1) is 0 Å². The summed E-state index contributed by atoms with van der Waals surface area (Å²) in [6.07, 6.45) is 7.74. The highest BCUT2D eigenvalue weighted by Crippen LogP contribution is 2.44. The van der Waals surface area contributed by atoms with Crippen molar-refractivity contribution in [1.82, 2.24) is 14.8 Å². The smallest absolute Gasteiger partial charge is 0.339 e. The van der Waals surface area contributed by atoms with Gasteiger partial charge in [-0.1, -0.05) is 12.1 Å². The number of esters is 1. The van der Waals surface area contributed by atoms with Gasteiger partial charge in [-0.05, 0) is 61.3 Å². The Kier molecular flexibility index (Phi) is 6.06. The predicted molar refractivity (Wildman–Crippen MR) is 123 cm³/mol. The zero-order valence-corrected chi connectivity index (χ0v) is 19.3. The lowest BCUT2D eigenvalue weighted by atomic mass is 9.74. The molecule has 0 unspecified atom stereocenters. The van der Waals surface area contributed by atoms with E-state index in [0.29, 0.717) is 35.0 Å². The van der Waals surface area contributed by atoms with Gasteiger partial charge in [0.25, 0.3) is 5.91 Å². The van der Waals surface area contributed by atoms with Crippen molar-refractivity contribution in [3.63, 3.8) is 0 Å². The minimum Gasteiger partial charge on any atom is -0.497 e. The summed E-state index contributed by atoms with van der Waals surface area (Å²) in [6.45, 7) is 2.52. The van der Waals surface area contributed by atoms with Gasteiger partial charge in [0, 0.05) is 44.1 Å². The SMILES string of the molecule is COC(=O)c1cncc(C(=O)N2C[C@@H]3C[C@H](C2)[C@@H]2CCC[C@H](c4ccc(OC)cc4)N2C3)c1. The number of carbonyl (C=O) groups excluding carboxylic acids is 2. The Bertz CT molecular complexity index is 1020. The molecule has 2 bridgehead atoms. The number of carbonyl (C=O) groups is 2. The first-order chi connectivity index (χ1) is 16.1. The van der Waals surface area contributed by atoms with E-state index in [4.69, 9.17) is 9.47 Å². The van der Waals surface area contributed by atoms with Crippen LogP contribution in [0.3, 0.4) is 0 Å². The van der Waals surface area contributed by atoms with Crippen LogP contribution in [0, 0.1) is 11.8 Å². The van der Waals surface area contributed by atoms with Crippen molar-refractivity contribution in [1.29, 1.82) is 0 Å². The van der Waals surface area contributed by atoms with Crippen LogP contribution in [0.5, 0.6) is 5.75 Å². The number of rotatable bonds is 4. The van der Waals surface area contributed by atoms with E-state index in [0.717, 1.165) is 25.4 Å². The Balaban J connectivity index is 1.33. The second-order valence-corrected chi connectivity index (χ2v) is 9.51. The summed E-state index contributed by atoms with van der Waals surface area (Å²) in [4.78, 5) is 34.0. The van der Waals surface area contributed by atoms with Gasteiger partial charge in [0.2, 0.25) is 0 Å². The third-order valence-electron chi connectivity index (χ3n) is 7.58. The second-order valence-electron chi connectivity index (χ2n) is 9.51. The van der Waals surface area contributed by atoms with E-state index in [2.05, 4.69) is 34.1 Å². The fourth-order valence-electron chi connectivity index (χ4n) is 6.13. The average Bonchev–Trinajstić information content (AvgIpc) is 2.87. The van der Waals surface area contributed by atoms with Crippen LogP contribution in [0.25, 0.3) is 0 Å². The number of benzene rings is 1. The molecule has 3 aliphatic rings. The van der Waals surface area contributed by atoms with E-state index in [9.17, 15) is 9.59 Å². The van der Waals surface area contributed by atoms with Gasteiger partial charge < -0.3 is 14.4 Å². The number of likely N-dealkylation sites (tertiary alicyclic amines) is 1. The average molecular weight is 450 g/mol. The highest BCUT2D eigenvalue weighted by molar-refractivity contribution is 5.97. The van der Waals surface area contributed by atoms with Gasteiger partial charge >= 0.3 is 5.97 Å². The number of methoxy groups -OCH3 is 2. The van der Waals surface area contributed by atoms with Gasteiger partial charge in [0.05, 0.1) is 25.3 Å². The zero-order chi connectivity index (χ0) is 22.9. The highest BCUT2D eigenvalue weighted by atomic mass is 16.5. The van der Waals surface area contributed by atoms with Crippen LogP contribution in [-0.2, 0) is 4.74 Å². The first kappa shape index (κ1) is 21.9. The molecule has 5 rings (SSSR count). The molecule has 0 radical (unpaired) electrons. The van der Waals surface area contributed by atoms with Crippen LogP contribution in [0.2, 0.25) is 0 Å². The minimum absolute atomic E-state index is 0.0427. The number of fused-ring (bicyclic) bond motifs is 4. The lowest BCUT2D eigenvalue weighted by Crippen LogP contribution is -2.60. The van der Waals surface area contributed by atoms with Crippen molar-refractivity contribution in [2.24, 2.45) is 11.8 Å². The lowest BCUT2D eigenvalue weighted by Gasteiger charge is -2.55. The van der Waals surface area contributed by atoms with E-state index in [1.807, 2.05) is 4.90 Å². The molecule has 0 N–H and O–H groups in total. The number of hydrogen-bond acceptors (Lipinski definition) is 6. The molecule has 0 spiro atoms. The van der Waals surface area contributed by atoms with Crippen molar-refractivity contribution < 1.29 is 19.1 Å². The number of ether oxygens (including phenoxy) is 2. The standard InChI is InChI=1S/C26H31N3O4/c1-32-22-8-6-18(7-9-22)23-4-3-5-24-21-10-17(15-29(23)24)14-28(16-21)25(30)19-11-20(13-27-12-19)26(31)33-2/h6-9,11-13,17,21,23-24H,3-5,10,14-16H2,1-2H3/t17-,21+,23+,24-/m0/s1. The normalized spacial score (nSPS) is 26.9. The molecule has 1 amide bonds. The molecule has 0 aliphatic carbocycles. The van der Waals surface area contributed by atoms with Crippen LogP contribution in [0.15, 0.2) is 42.7 Å². The third-order valence-corrected chi connectivity index (χ3v) is 7.58.